The smallest absolute Gasteiger partial charge is 0.344 e. The molecule has 33 heavy (non-hydrogen) atoms. The van der Waals surface area contributed by atoms with Crippen LogP contribution < -0.4 is 9.47 Å². The number of carbonyl (C=O) groups excluding carboxylic acids is 3. The van der Waals surface area contributed by atoms with E-state index in [1.165, 1.54) is 54.7 Å². The highest BCUT2D eigenvalue weighted by molar-refractivity contribution is 7.89. The molecule has 1 fully saturated rings. The SMILES string of the molecule is COc1cc(C(C)=O)ccc1OCC(=O)OCC(=O)c1ccc(S(=O)(=O)N2CCCC2)cc1. The van der Waals surface area contributed by atoms with Gasteiger partial charge in [0.15, 0.2) is 36.3 Å². The lowest BCUT2D eigenvalue weighted by atomic mass is 10.1. The Morgan fingerprint density at radius 1 is 0.909 bits per heavy atom. The van der Waals surface area contributed by atoms with Crippen LogP contribution >= 0.6 is 0 Å². The summed E-state index contributed by atoms with van der Waals surface area (Å²) in [4.78, 5) is 35.9. The molecule has 1 aliphatic rings. The zero-order chi connectivity index (χ0) is 24.0. The summed E-state index contributed by atoms with van der Waals surface area (Å²) in [6.45, 7) is 1.43. The second-order valence-electron chi connectivity index (χ2n) is 7.43. The summed E-state index contributed by atoms with van der Waals surface area (Å²) in [6, 6.07) is 10.1. The molecule has 0 aliphatic carbocycles. The van der Waals surface area contributed by atoms with Crippen molar-refractivity contribution in [3.63, 3.8) is 0 Å². The van der Waals surface area contributed by atoms with Gasteiger partial charge < -0.3 is 14.2 Å². The van der Waals surface area contributed by atoms with E-state index < -0.39 is 35.0 Å². The van der Waals surface area contributed by atoms with Crippen LogP contribution in [0.2, 0.25) is 0 Å². The topological polar surface area (TPSA) is 116 Å². The number of ether oxygens (including phenoxy) is 3. The lowest BCUT2D eigenvalue weighted by Gasteiger charge is -2.15. The summed E-state index contributed by atoms with van der Waals surface area (Å²) < 4.78 is 42.0. The van der Waals surface area contributed by atoms with Gasteiger partial charge in [0.25, 0.3) is 0 Å². The second kappa shape index (κ2) is 10.6. The zero-order valence-corrected chi connectivity index (χ0v) is 19.2. The molecule has 1 saturated heterocycles. The molecule has 0 radical (unpaired) electrons. The molecule has 9 nitrogen and oxygen atoms in total. The number of nitrogens with zero attached hydrogens (tertiary/aromatic N) is 1. The Hall–Kier alpha value is -3.24. The first-order chi connectivity index (χ1) is 15.7. The summed E-state index contributed by atoms with van der Waals surface area (Å²) >= 11 is 0. The third-order valence-electron chi connectivity index (χ3n) is 5.16. The van der Waals surface area contributed by atoms with Crippen LogP contribution in [0.5, 0.6) is 11.5 Å². The number of sulfonamides is 1. The highest BCUT2D eigenvalue weighted by atomic mass is 32.2. The van der Waals surface area contributed by atoms with Crippen LogP contribution in [0.15, 0.2) is 47.4 Å². The van der Waals surface area contributed by atoms with E-state index in [4.69, 9.17) is 14.2 Å². The lowest BCUT2D eigenvalue weighted by molar-refractivity contribution is -0.144. The molecule has 0 saturated carbocycles. The quantitative estimate of drug-likeness (QED) is 0.380. The van der Waals surface area contributed by atoms with Crippen molar-refractivity contribution in [1.29, 1.82) is 0 Å². The first kappa shape index (κ1) is 24.4. The van der Waals surface area contributed by atoms with Gasteiger partial charge in [-0.15, -0.1) is 0 Å². The van der Waals surface area contributed by atoms with Crippen molar-refractivity contribution in [2.75, 3.05) is 33.4 Å². The number of carbonyl (C=O) groups is 3. The molecule has 0 spiro atoms. The van der Waals surface area contributed by atoms with Crippen LogP contribution in [0.1, 0.15) is 40.5 Å². The molecule has 0 N–H and O–H groups in total. The number of esters is 1. The van der Waals surface area contributed by atoms with Gasteiger partial charge in [0.2, 0.25) is 10.0 Å². The van der Waals surface area contributed by atoms with Crippen LogP contribution in [0.3, 0.4) is 0 Å². The van der Waals surface area contributed by atoms with E-state index in [1.807, 2.05) is 0 Å². The van der Waals surface area contributed by atoms with Gasteiger partial charge in [-0.3, -0.25) is 9.59 Å². The normalized spacial score (nSPS) is 14.0. The van der Waals surface area contributed by atoms with E-state index in [2.05, 4.69) is 0 Å². The Bertz CT molecular complexity index is 1140. The molecule has 3 rings (SSSR count). The molecule has 0 unspecified atom stereocenters. The average Bonchev–Trinajstić information content (AvgIpc) is 3.37. The average molecular weight is 476 g/mol. The Balaban J connectivity index is 1.52. The molecule has 1 heterocycles. The lowest BCUT2D eigenvalue weighted by Crippen LogP contribution is -2.27. The van der Waals surface area contributed by atoms with Gasteiger partial charge in [-0.25, -0.2) is 13.2 Å². The Morgan fingerprint density at radius 2 is 1.55 bits per heavy atom. The summed E-state index contributed by atoms with van der Waals surface area (Å²) in [5.74, 6) is -0.846. The van der Waals surface area contributed by atoms with Gasteiger partial charge in [0.05, 0.1) is 12.0 Å². The van der Waals surface area contributed by atoms with Crippen molar-refractivity contribution in [2.24, 2.45) is 0 Å². The number of Topliss-reactive ketones (excluding diaryl/α,β-unsaturated/α-hetero) is 2. The van der Waals surface area contributed by atoms with Gasteiger partial charge in [0.1, 0.15) is 0 Å². The highest BCUT2D eigenvalue weighted by Gasteiger charge is 2.27. The summed E-state index contributed by atoms with van der Waals surface area (Å²) in [6.07, 6.45) is 1.67. The fourth-order valence-electron chi connectivity index (χ4n) is 3.30. The van der Waals surface area contributed by atoms with E-state index in [0.717, 1.165) is 12.8 Å². The summed E-state index contributed by atoms with van der Waals surface area (Å²) in [5, 5.41) is 0. The Kier molecular flexibility index (Phi) is 7.83. The third kappa shape index (κ3) is 5.96. The van der Waals surface area contributed by atoms with Crippen molar-refractivity contribution in [1.82, 2.24) is 4.31 Å². The van der Waals surface area contributed by atoms with Crippen molar-refractivity contribution in [3.8, 4) is 11.5 Å². The van der Waals surface area contributed by atoms with Crippen molar-refractivity contribution < 1.29 is 37.0 Å². The number of ketones is 2. The third-order valence-corrected chi connectivity index (χ3v) is 7.07. The molecule has 0 amide bonds. The van der Waals surface area contributed by atoms with Gasteiger partial charge >= 0.3 is 5.97 Å². The fraction of sp³-hybridized carbons (Fsp3) is 0.348. The van der Waals surface area contributed by atoms with E-state index in [1.54, 1.807) is 6.07 Å². The number of benzene rings is 2. The van der Waals surface area contributed by atoms with Gasteiger partial charge in [-0.1, -0.05) is 0 Å². The highest BCUT2D eigenvalue weighted by Crippen LogP contribution is 2.28. The molecule has 10 heteroatoms. The molecule has 2 aromatic carbocycles. The largest absolute Gasteiger partial charge is 0.493 e. The van der Waals surface area contributed by atoms with Crippen LogP contribution in [-0.4, -0.2) is 63.7 Å². The minimum Gasteiger partial charge on any atom is -0.493 e. The maximum absolute atomic E-state index is 12.5. The predicted molar refractivity (Wildman–Crippen MR) is 118 cm³/mol. The van der Waals surface area contributed by atoms with Crippen LogP contribution in [0.25, 0.3) is 0 Å². The minimum absolute atomic E-state index is 0.121. The first-order valence-electron chi connectivity index (χ1n) is 10.3. The van der Waals surface area contributed by atoms with Crippen molar-refractivity contribution >= 4 is 27.6 Å². The summed E-state index contributed by atoms with van der Waals surface area (Å²) in [5.41, 5.74) is 0.664. The van der Waals surface area contributed by atoms with E-state index in [0.29, 0.717) is 18.7 Å². The molecule has 0 atom stereocenters. The van der Waals surface area contributed by atoms with Gasteiger partial charge in [0, 0.05) is 24.2 Å². The fourth-order valence-corrected chi connectivity index (χ4v) is 4.82. The van der Waals surface area contributed by atoms with Crippen LogP contribution in [-0.2, 0) is 19.6 Å². The van der Waals surface area contributed by atoms with E-state index in [-0.39, 0.29) is 27.7 Å². The second-order valence-corrected chi connectivity index (χ2v) is 9.37. The number of methoxy groups -OCH3 is 1. The molecule has 176 valence electrons. The molecule has 0 bridgehead atoms. The number of rotatable bonds is 10. The maximum atomic E-state index is 12.5. The first-order valence-corrected chi connectivity index (χ1v) is 11.8. The molecule has 1 aliphatic heterocycles. The maximum Gasteiger partial charge on any atom is 0.344 e. The number of hydrogen-bond donors (Lipinski definition) is 0. The van der Waals surface area contributed by atoms with E-state index in [9.17, 15) is 22.8 Å². The molecular formula is C23H25NO8S. The number of hydrogen-bond acceptors (Lipinski definition) is 8. The summed E-state index contributed by atoms with van der Waals surface area (Å²) in [7, 11) is -2.16. The van der Waals surface area contributed by atoms with Gasteiger partial charge in [-0.2, -0.15) is 4.31 Å². The molecule has 0 aromatic heterocycles. The predicted octanol–water partition coefficient (Wildman–Crippen LogP) is 2.49. The molecular weight excluding hydrogens is 450 g/mol. The van der Waals surface area contributed by atoms with Crippen molar-refractivity contribution in [2.45, 2.75) is 24.7 Å². The van der Waals surface area contributed by atoms with Gasteiger partial charge in [-0.05, 0) is 62.2 Å². The zero-order valence-electron chi connectivity index (χ0n) is 18.4. The minimum atomic E-state index is -3.56. The van der Waals surface area contributed by atoms with Crippen LogP contribution in [0.4, 0.5) is 0 Å². The van der Waals surface area contributed by atoms with Crippen molar-refractivity contribution in [3.05, 3.63) is 53.6 Å². The van der Waals surface area contributed by atoms with E-state index >= 15 is 0 Å². The Labute approximate surface area is 192 Å². The van der Waals surface area contributed by atoms with Crippen LogP contribution in [0, 0.1) is 0 Å². The standard InChI is InChI=1S/C23H25NO8S/c1-16(25)18-7-10-21(22(13-18)30-2)31-15-23(27)32-14-20(26)17-5-8-19(9-6-17)33(28,29)24-11-3-4-12-24/h5-10,13H,3-4,11-12,14-15H2,1-2H3. The monoisotopic (exact) mass is 475 g/mol. The molecule has 2 aromatic rings. The Morgan fingerprint density at radius 3 is 2.15 bits per heavy atom.